The van der Waals surface area contributed by atoms with Crippen molar-refractivity contribution in [2.24, 2.45) is 10.1 Å². The van der Waals surface area contributed by atoms with Gasteiger partial charge in [-0.1, -0.05) is 17.8 Å². The summed E-state index contributed by atoms with van der Waals surface area (Å²) in [5.74, 6) is 0.523. The third kappa shape index (κ3) is 1.79. The van der Waals surface area contributed by atoms with Crippen LogP contribution < -0.4 is 5.43 Å². The fraction of sp³-hybridized carbons (Fsp3) is 0.167. The van der Waals surface area contributed by atoms with Crippen LogP contribution >= 0.6 is 27.7 Å². The molecule has 1 unspecified atom stereocenters. The molecule has 0 amide bonds. The van der Waals surface area contributed by atoms with E-state index in [9.17, 15) is 0 Å². The van der Waals surface area contributed by atoms with Gasteiger partial charge in [0.15, 0.2) is 5.54 Å². The molecule has 1 atom stereocenters. The van der Waals surface area contributed by atoms with Gasteiger partial charge in [0.05, 0.1) is 12.3 Å². The van der Waals surface area contributed by atoms with Crippen LogP contribution in [-0.4, -0.2) is 36.8 Å². The van der Waals surface area contributed by atoms with Crippen molar-refractivity contribution in [1.82, 2.24) is 15.1 Å². The predicted octanol–water partition coefficient (Wildman–Crippen LogP) is 2.17. The van der Waals surface area contributed by atoms with E-state index in [1.54, 1.807) is 35.3 Å². The van der Waals surface area contributed by atoms with Crippen LogP contribution in [-0.2, 0) is 0 Å². The molecule has 0 radical (unpaired) electrons. The number of nitrogens with zero attached hydrogens (tertiary/aromatic N) is 5. The molecule has 4 rings (SSSR count). The number of aromatic nitrogens is 2. The Bertz CT molecular complexity index is 682. The molecule has 100 valence electrons. The van der Waals surface area contributed by atoms with Gasteiger partial charge in [-0.15, -0.1) is 0 Å². The van der Waals surface area contributed by atoms with Crippen LogP contribution in [0, 0.1) is 0 Å². The van der Waals surface area contributed by atoms with Gasteiger partial charge in [0.2, 0.25) is 5.95 Å². The SMILES string of the molecule is BrC1=NC23CN(Nc4ncccn4)N=C2C=CC=C3S1. The summed E-state index contributed by atoms with van der Waals surface area (Å²) in [6.45, 7) is 0.624. The molecule has 6 nitrogen and oxygen atoms in total. The molecule has 1 aromatic rings. The Hall–Kier alpha value is -1.67. The fourth-order valence-electron chi connectivity index (χ4n) is 2.35. The van der Waals surface area contributed by atoms with E-state index in [1.807, 2.05) is 12.2 Å². The van der Waals surface area contributed by atoms with Crippen LogP contribution in [0.25, 0.3) is 0 Å². The molecule has 3 aliphatic rings. The first-order chi connectivity index (χ1) is 9.76. The van der Waals surface area contributed by atoms with Gasteiger partial charge in [-0.3, -0.25) is 4.99 Å². The molecular formula is C12H9BrN6S. The van der Waals surface area contributed by atoms with Crippen molar-refractivity contribution in [1.29, 1.82) is 0 Å². The van der Waals surface area contributed by atoms with Crippen molar-refractivity contribution in [3.63, 3.8) is 0 Å². The zero-order chi connectivity index (χ0) is 13.6. The highest BCUT2D eigenvalue weighted by Crippen LogP contribution is 2.46. The van der Waals surface area contributed by atoms with E-state index in [4.69, 9.17) is 4.99 Å². The zero-order valence-corrected chi connectivity index (χ0v) is 12.6. The monoisotopic (exact) mass is 348 g/mol. The summed E-state index contributed by atoms with van der Waals surface area (Å²) >= 11 is 5.11. The lowest BCUT2D eigenvalue weighted by molar-refractivity contribution is 0.352. The number of hydrazone groups is 1. The number of nitrogens with one attached hydrogen (secondary N) is 1. The van der Waals surface area contributed by atoms with Crippen LogP contribution in [0.4, 0.5) is 5.95 Å². The number of hydrogen-bond acceptors (Lipinski definition) is 7. The Morgan fingerprint density at radius 3 is 3.05 bits per heavy atom. The Balaban J connectivity index is 1.65. The summed E-state index contributed by atoms with van der Waals surface area (Å²) in [5.41, 5.74) is 3.63. The van der Waals surface area contributed by atoms with Crippen LogP contribution in [0.2, 0.25) is 0 Å². The van der Waals surface area contributed by atoms with Crippen molar-refractivity contribution in [3.8, 4) is 0 Å². The number of hydrazine groups is 1. The first-order valence-electron chi connectivity index (χ1n) is 5.99. The second-order valence-corrected chi connectivity index (χ2v) is 6.75. The molecule has 8 heteroatoms. The average Bonchev–Trinajstić information content (AvgIpc) is 2.94. The van der Waals surface area contributed by atoms with E-state index in [2.05, 4.69) is 42.5 Å². The van der Waals surface area contributed by atoms with Crippen molar-refractivity contribution in [3.05, 3.63) is 41.6 Å². The maximum atomic E-state index is 4.72. The van der Waals surface area contributed by atoms with E-state index in [-0.39, 0.29) is 5.54 Å². The number of hydrogen-bond donors (Lipinski definition) is 1. The molecule has 0 saturated heterocycles. The average molecular weight is 349 g/mol. The third-order valence-electron chi connectivity index (χ3n) is 3.21. The molecule has 20 heavy (non-hydrogen) atoms. The molecular weight excluding hydrogens is 340 g/mol. The third-order valence-corrected chi connectivity index (χ3v) is 4.82. The summed E-state index contributed by atoms with van der Waals surface area (Å²) in [6.07, 6.45) is 9.46. The first kappa shape index (κ1) is 12.1. The van der Waals surface area contributed by atoms with Gasteiger partial charge < -0.3 is 0 Å². The van der Waals surface area contributed by atoms with E-state index in [0.29, 0.717) is 12.5 Å². The van der Waals surface area contributed by atoms with E-state index in [0.717, 1.165) is 9.66 Å². The highest BCUT2D eigenvalue weighted by molar-refractivity contribution is 9.22. The lowest BCUT2D eigenvalue weighted by Gasteiger charge is -2.24. The van der Waals surface area contributed by atoms with Crippen LogP contribution in [0.3, 0.4) is 0 Å². The summed E-state index contributed by atoms with van der Waals surface area (Å²) in [5, 5.41) is 6.30. The molecule has 1 aliphatic carbocycles. The summed E-state index contributed by atoms with van der Waals surface area (Å²) < 4.78 is 0.887. The molecule has 0 fully saturated rings. The molecule has 3 heterocycles. The number of rotatable bonds is 2. The van der Waals surface area contributed by atoms with E-state index < -0.39 is 0 Å². The van der Waals surface area contributed by atoms with Gasteiger partial charge in [0, 0.05) is 17.3 Å². The van der Waals surface area contributed by atoms with Gasteiger partial charge >= 0.3 is 0 Å². The maximum absolute atomic E-state index is 4.72. The maximum Gasteiger partial charge on any atom is 0.243 e. The van der Waals surface area contributed by atoms with Crippen molar-refractivity contribution < 1.29 is 0 Å². The topological polar surface area (TPSA) is 65.8 Å². The minimum absolute atomic E-state index is 0.389. The normalized spacial score (nSPS) is 26.6. The summed E-state index contributed by atoms with van der Waals surface area (Å²) in [4.78, 5) is 14.2. The number of aliphatic imine (C=N–C) groups is 1. The van der Waals surface area contributed by atoms with Crippen LogP contribution in [0.1, 0.15) is 0 Å². The lowest BCUT2D eigenvalue weighted by atomic mass is 9.90. The lowest BCUT2D eigenvalue weighted by Crippen LogP contribution is -2.40. The molecule has 1 aromatic heterocycles. The van der Waals surface area contributed by atoms with Gasteiger partial charge in [0.1, 0.15) is 3.95 Å². The summed E-state index contributed by atoms with van der Waals surface area (Å²) in [7, 11) is 0. The van der Waals surface area contributed by atoms with E-state index >= 15 is 0 Å². The largest absolute Gasteiger partial charge is 0.250 e. The quantitative estimate of drug-likeness (QED) is 0.887. The standard InChI is InChI=1S/C12H9BrN6S/c13-10-16-12-7-19(18-11-14-5-2-6-15-11)17-8(12)3-1-4-9(12)20-10/h1-6H,7H2,(H,14,15,18). The zero-order valence-electron chi connectivity index (χ0n) is 10.2. The van der Waals surface area contributed by atoms with Crippen LogP contribution in [0.15, 0.2) is 51.7 Å². The second kappa shape index (κ2) is 4.42. The molecule has 2 aliphatic heterocycles. The molecule has 0 aromatic carbocycles. The predicted molar refractivity (Wildman–Crippen MR) is 83.7 cm³/mol. The number of anilines is 1. The van der Waals surface area contributed by atoms with Crippen molar-refractivity contribution in [2.45, 2.75) is 5.54 Å². The van der Waals surface area contributed by atoms with Gasteiger partial charge in [-0.2, -0.15) is 5.10 Å². The highest BCUT2D eigenvalue weighted by Gasteiger charge is 2.50. The van der Waals surface area contributed by atoms with Gasteiger partial charge in [0.25, 0.3) is 0 Å². The molecule has 1 N–H and O–H groups in total. The number of allylic oxidation sites excluding steroid dienone is 2. The number of halogens is 1. The van der Waals surface area contributed by atoms with Gasteiger partial charge in [-0.25, -0.2) is 20.5 Å². The number of thioether (sulfide) groups is 1. The highest BCUT2D eigenvalue weighted by atomic mass is 79.9. The molecule has 0 saturated carbocycles. The van der Waals surface area contributed by atoms with Crippen LogP contribution in [0.5, 0.6) is 0 Å². The minimum atomic E-state index is -0.389. The van der Waals surface area contributed by atoms with Crippen molar-refractivity contribution in [2.75, 3.05) is 12.0 Å². The smallest absolute Gasteiger partial charge is 0.243 e. The second-order valence-electron chi connectivity index (χ2n) is 4.44. The molecule has 1 spiro atoms. The van der Waals surface area contributed by atoms with Gasteiger partial charge in [-0.05, 0) is 34.1 Å². The Morgan fingerprint density at radius 2 is 2.20 bits per heavy atom. The Kier molecular flexibility index (Phi) is 2.67. The fourth-order valence-corrected chi connectivity index (χ4v) is 4.09. The first-order valence-corrected chi connectivity index (χ1v) is 7.60. The van der Waals surface area contributed by atoms with Crippen molar-refractivity contribution >= 4 is 43.3 Å². The van der Waals surface area contributed by atoms with E-state index in [1.165, 1.54) is 4.91 Å². The molecule has 0 bridgehead atoms. The Morgan fingerprint density at radius 1 is 1.35 bits per heavy atom. The Labute approximate surface area is 127 Å². The minimum Gasteiger partial charge on any atom is -0.250 e. The summed E-state index contributed by atoms with van der Waals surface area (Å²) in [6, 6.07) is 1.78.